The van der Waals surface area contributed by atoms with Crippen LogP contribution in [0, 0.1) is 17.1 Å². The Kier molecular flexibility index (Phi) is 3.74. The second-order valence-electron chi connectivity index (χ2n) is 6.07. The first kappa shape index (κ1) is 13.0. The van der Waals surface area contributed by atoms with Crippen LogP contribution in [0.2, 0.25) is 5.75 Å². The van der Waals surface area contributed by atoms with E-state index in [1.807, 2.05) is 0 Å². The van der Waals surface area contributed by atoms with E-state index in [0.717, 1.165) is 17.4 Å². The predicted molar refractivity (Wildman–Crippen MR) is 105 cm³/mol. The van der Waals surface area contributed by atoms with E-state index < -0.39 is 23.9 Å². The first-order valence-electron chi connectivity index (χ1n) is 10.8. The monoisotopic (exact) mass is 406 g/mol. The van der Waals surface area contributed by atoms with Gasteiger partial charge in [0.05, 0.1) is 19.4 Å². The normalized spacial score (nSPS) is 19.5. The number of hydrogen-bond acceptors (Lipinski definition) is 6. The van der Waals surface area contributed by atoms with Gasteiger partial charge in [0, 0.05) is 27.0 Å². The molecule has 3 heterocycles. The average molecular weight is 407 g/mol. The highest BCUT2D eigenvalue weighted by Crippen LogP contribution is 2.32. The summed E-state index contributed by atoms with van der Waals surface area (Å²) in [4.78, 5) is 10.6. The first-order chi connectivity index (χ1) is 15.2. The first-order valence-corrected chi connectivity index (χ1v) is 9.47. The third-order valence-corrected chi connectivity index (χ3v) is 5.39. The van der Waals surface area contributed by atoms with Crippen molar-refractivity contribution in [1.29, 1.82) is 5.26 Å². The van der Waals surface area contributed by atoms with Gasteiger partial charge in [-0.25, -0.2) is 14.4 Å². The minimum Gasteiger partial charge on any atom is -0.367 e. The lowest BCUT2D eigenvalue weighted by Crippen LogP contribution is -2.38. The summed E-state index contributed by atoms with van der Waals surface area (Å²) < 4.78 is 55.5. The van der Waals surface area contributed by atoms with Gasteiger partial charge in [0.15, 0.2) is 1.41 Å². The molecule has 1 aromatic carbocycles. The van der Waals surface area contributed by atoms with E-state index in [1.165, 1.54) is 11.6 Å². The zero-order chi connectivity index (χ0) is 23.2. The van der Waals surface area contributed by atoms with E-state index in [9.17, 15) is 4.39 Å². The van der Waals surface area contributed by atoms with E-state index in [-0.39, 0.29) is 28.0 Å². The Morgan fingerprint density at radius 2 is 2.30 bits per heavy atom. The molecular formula is C19H17ClFN5S. The number of piperidine rings is 1. The summed E-state index contributed by atoms with van der Waals surface area (Å²) in [5.74, 6) is -0.622. The van der Waals surface area contributed by atoms with Gasteiger partial charge in [0.1, 0.15) is 28.9 Å². The van der Waals surface area contributed by atoms with Crippen LogP contribution in [0.25, 0.3) is 10.2 Å². The molecule has 138 valence electrons. The number of nitrogens with one attached hydrogen (secondary N) is 1. The number of halogens is 2. The lowest BCUT2D eigenvalue weighted by Gasteiger charge is -2.32. The fraction of sp³-hybridized carbons (Fsp3) is 0.316. The number of fused-ring (bicyclic) bond motifs is 1. The molecule has 0 radical (unpaired) electrons. The number of benzene rings is 1. The van der Waals surface area contributed by atoms with Crippen molar-refractivity contribution >= 4 is 39.0 Å². The van der Waals surface area contributed by atoms with Crippen molar-refractivity contribution in [2.75, 3.05) is 18.4 Å². The van der Waals surface area contributed by atoms with Crippen molar-refractivity contribution in [2.45, 2.75) is 25.4 Å². The number of aromatic nitrogens is 2. The molecule has 1 unspecified atom stereocenters. The number of anilines is 1. The molecule has 2 aromatic heterocycles. The summed E-state index contributed by atoms with van der Waals surface area (Å²) in [5.41, 5.74) is -0.470. The smallest absolute Gasteiger partial charge is 0.162 e. The summed E-state index contributed by atoms with van der Waals surface area (Å²) in [7, 11) is 0. The molecule has 0 saturated carbocycles. The van der Waals surface area contributed by atoms with Gasteiger partial charge in [-0.1, -0.05) is 17.6 Å². The van der Waals surface area contributed by atoms with Crippen LogP contribution in [0.3, 0.4) is 0 Å². The second kappa shape index (κ2) is 7.77. The highest BCUT2D eigenvalue weighted by Gasteiger charge is 2.21. The van der Waals surface area contributed by atoms with Crippen LogP contribution in [0.15, 0.2) is 30.5 Å². The topological polar surface area (TPSA) is 64.8 Å². The van der Waals surface area contributed by atoms with Crippen molar-refractivity contribution in [3.05, 3.63) is 51.8 Å². The number of nitriles is 1. The molecule has 8 heteroatoms. The maximum absolute atomic E-state index is 13.8. The molecule has 1 saturated heterocycles. The zero-order valence-corrected chi connectivity index (χ0v) is 15.6. The molecule has 27 heavy (non-hydrogen) atoms. The minimum absolute atomic E-state index is 0.00611. The van der Waals surface area contributed by atoms with Gasteiger partial charge in [-0.2, -0.15) is 5.26 Å². The lowest BCUT2D eigenvalue weighted by atomic mass is 10.0. The highest BCUT2D eigenvalue weighted by atomic mass is 35.5. The van der Waals surface area contributed by atoms with Crippen LogP contribution in [-0.4, -0.2) is 34.0 Å². The van der Waals surface area contributed by atoms with Crippen molar-refractivity contribution in [3.8, 4) is 6.07 Å². The van der Waals surface area contributed by atoms with E-state index in [4.69, 9.17) is 23.8 Å². The van der Waals surface area contributed by atoms with Gasteiger partial charge in [-0.3, -0.25) is 4.90 Å². The Hall–Kier alpha value is -2.27. The maximum atomic E-state index is 13.8. The minimum atomic E-state index is -1.09. The molecule has 1 atom stereocenters. The van der Waals surface area contributed by atoms with Crippen LogP contribution < -0.4 is 5.31 Å². The quantitative estimate of drug-likeness (QED) is 0.694. The van der Waals surface area contributed by atoms with Crippen LogP contribution in [0.1, 0.15) is 29.5 Å². The van der Waals surface area contributed by atoms with Gasteiger partial charge in [0.2, 0.25) is 0 Å². The van der Waals surface area contributed by atoms with Crippen molar-refractivity contribution in [3.63, 3.8) is 0 Å². The van der Waals surface area contributed by atoms with Crippen LogP contribution >= 0.6 is 22.9 Å². The number of thiophene rings is 1. The average Bonchev–Trinajstić information content (AvgIpc) is 3.07. The van der Waals surface area contributed by atoms with Crippen LogP contribution in [0.4, 0.5) is 10.2 Å². The molecular weight excluding hydrogens is 385 g/mol. The molecule has 1 aliphatic rings. The van der Waals surface area contributed by atoms with Gasteiger partial charge in [0.25, 0.3) is 0 Å². The number of hydrogen-bond donors (Lipinski definition) is 1. The third kappa shape index (κ3) is 4.03. The SMILES string of the molecule is [2H]c1cc(F)c(C#N)c([2H])c1C([2H])N1CCC(N([2H])c2ncnc3sc(Cl)c([2H])c23)CC1. The van der Waals surface area contributed by atoms with E-state index in [1.54, 1.807) is 11.0 Å². The molecule has 0 bridgehead atoms. The number of rotatable bonds is 4. The Morgan fingerprint density at radius 1 is 1.48 bits per heavy atom. The fourth-order valence-electron chi connectivity index (χ4n) is 2.95. The number of nitrogens with zero attached hydrogens (tertiary/aromatic N) is 4. The standard InChI is InChI=1S/C19H17ClFN5S/c20-17-8-15-18(23-11-24-19(15)27-17)25-14-3-5-26(6-4-14)10-12-1-2-16(21)13(7-12)9-22/h1-2,7-8,11,14H,3-6,10H2,(H,23,24,25)/i1D,7D,8D,10D/hD. The Morgan fingerprint density at radius 3 is 3.07 bits per heavy atom. The zero-order valence-electron chi connectivity index (χ0n) is 19.0. The van der Waals surface area contributed by atoms with Crippen molar-refractivity contribution < 1.29 is 11.3 Å². The summed E-state index contributed by atoms with van der Waals surface area (Å²) in [6, 6.07) is 1.66. The molecule has 0 amide bonds. The lowest BCUT2D eigenvalue weighted by molar-refractivity contribution is 0.211. The largest absolute Gasteiger partial charge is 0.367 e. The van der Waals surface area contributed by atoms with E-state index in [0.29, 0.717) is 42.0 Å². The van der Waals surface area contributed by atoms with Gasteiger partial charge in [-0.05, 0) is 36.6 Å². The Bertz CT molecular complexity index is 1230. The van der Waals surface area contributed by atoms with E-state index in [2.05, 4.69) is 9.97 Å². The summed E-state index contributed by atoms with van der Waals surface area (Å²) in [5, 5.41) is 10.8. The van der Waals surface area contributed by atoms with Gasteiger partial charge in [-0.15, -0.1) is 11.3 Å². The molecule has 0 aliphatic carbocycles. The van der Waals surface area contributed by atoms with Gasteiger partial charge >= 0.3 is 0 Å². The fourth-order valence-corrected chi connectivity index (χ4v) is 3.93. The highest BCUT2D eigenvalue weighted by molar-refractivity contribution is 7.22. The van der Waals surface area contributed by atoms with E-state index >= 15 is 0 Å². The summed E-state index contributed by atoms with van der Waals surface area (Å²) in [6.07, 6.45) is 2.35. The maximum Gasteiger partial charge on any atom is 0.162 e. The molecule has 5 nitrogen and oxygen atoms in total. The molecule has 1 fully saturated rings. The van der Waals surface area contributed by atoms with Crippen LogP contribution in [0.5, 0.6) is 0 Å². The number of likely N-dealkylation sites (tertiary alicyclic amines) is 1. The third-order valence-electron chi connectivity index (χ3n) is 4.28. The molecule has 1 N–H and O–H groups in total. The Labute approximate surface area is 172 Å². The second-order valence-corrected chi connectivity index (χ2v) is 7.67. The Balaban J connectivity index is 1.53. The molecule has 0 spiro atoms. The summed E-state index contributed by atoms with van der Waals surface area (Å²) >= 11 is 7.23. The van der Waals surface area contributed by atoms with Crippen molar-refractivity contribution in [2.24, 2.45) is 0 Å². The predicted octanol–water partition coefficient (Wildman–Crippen LogP) is 4.43. The molecule has 4 rings (SSSR count). The molecule has 3 aromatic rings. The van der Waals surface area contributed by atoms with Crippen molar-refractivity contribution in [1.82, 2.24) is 14.9 Å². The van der Waals surface area contributed by atoms with Gasteiger partial charge < -0.3 is 5.31 Å². The summed E-state index contributed by atoms with van der Waals surface area (Å²) in [6.45, 7) is -0.290. The van der Waals surface area contributed by atoms with Crippen LogP contribution in [-0.2, 0) is 6.52 Å². The molecule has 1 aliphatic heterocycles.